The predicted molar refractivity (Wildman–Crippen MR) is 225 cm³/mol. The maximum Gasteiger partial charge on any atom is 0.0159 e. The van der Waals surface area contributed by atoms with Gasteiger partial charge in [-0.25, -0.2) is 0 Å². The molecule has 0 unspecified atom stereocenters. The van der Waals surface area contributed by atoms with Crippen LogP contribution in [-0.4, -0.2) is 0 Å². The van der Waals surface area contributed by atoms with Crippen LogP contribution in [0, 0.1) is 0 Å². The van der Waals surface area contributed by atoms with Crippen LogP contribution >= 0.6 is 0 Å². The van der Waals surface area contributed by atoms with Crippen LogP contribution in [0.15, 0.2) is 146 Å². The van der Waals surface area contributed by atoms with Crippen LogP contribution in [0.5, 0.6) is 0 Å². The molecule has 0 radical (unpaired) electrons. The van der Waals surface area contributed by atoms with Crippen LogP contribution in [0.1, 0.15) is 74.9 Å². The van der Waals surface area contributed by atoms with E-state index in [9.17, 15) is 0 Å². The first-order valence-electron chi connectivity index (χ1n) is 19.2. The third kappa shape index (κ3) is 4.13. The molecule has 0 saturated carbocycles. The lowest BCUT2D eigenvalue weighted by atomic mass is 9.80. The first-order valence-corrected chi connectivity index (χ1v) is 19.2. The van der Waals surface area contributed by atoms with E-state index in [4.69, 9.17) is 0 Å². The normalized spacial score (nSPS) is 16.2. The van der Waals surface area contributed by atoms with Crippen molar-refractivity contribution in [2.75, 3.05) is 0 Å². The van der Waals surface area contributed by atoms with Crippen molar-refractivity contribution in [1.82, 2.24) is 0 Å². The number of fused-ring (bicyclic) bond motifs is 11. The van der Waals surface area contributed by atoms with Crippen molar-refractivity contribution < 1.29 is 0 Å². The highest BCUT2D eigenvalue weighted by Gasteiger charge is 2.38. The summed E-state index contributed by atoms with van der Waals surface area (Å²) in [5.41, 5.74) is 21.7. The lowest BCUT2D eigenvalue weighted by Crippen LogP contribution is -2.15. The molecular weight excluding hydrogens is 637 g/mol. The van der Waals surface area contributed by atoms with Crippen LogP contribution in [0.3, 0.4) is 0 Å². The average Bonchev–Trinajstić information content (AvgIpc) is 3.64. The van der Waals surface area contributed by atoms with E-state index in [1.807, 2.05) is 0 Å². The molecule has 8 aromatic rings. The van der Waals surface area contributed by atoms with Crippen LogP contribution in [0.25, 0.3) is 77.2 Å². The first-order chi connectivity index (χ1) is 25.5. The van der Waals surface area contributed by atoms with Gasteiger partial charge in [-0.15, -0.1) is 0 Å². The molecule has 0 amide bonds. The van der Waals surface area contributed by atoms with Gasteiger partial charge in [0.15, 0.2) is 0 Å². The second kappa shape index (κ2) is 10.2. The Morgan fingerprint density at radius 2 is 0.604 bits per heavy atom. The summed E-state index contributed by atoms with van der Waals surface area (Å²) in [6, 6.07) is 55.9. The smallest absolute Gasteiger partial charge is 0.0159 e. The molecule has 0 heteroatoms. The highest BCUT2D eigenvalue weighted by molar-refractivity contribution is 6.03. The molecule has 3 aliphatic carbocycles. The molecule has 0 saturated heterocycles. The van der Waals surface area contributed by atoms with E-state index in [0.29, 0.717) is 0 Å². The fourth-order valence-electron chi connectivity index (χ4n) is 10.4. The van der Waals surface area contributed by atoms with Crippen molar-refractivity contribution >= 4 is 21.5 Å². The third-order valence-corrected chi connectivity index (χ3v) is 13.4. The van der Waals surface area contributed by atoms with Gasteiger partial charge in [-0.2, -0.15) is 0 Å². The molecule has 254 valence electrons. The van der Waals surface area contributed by atoms with Crippen LogP contribution in [0.4, 0.5) is 0 Å². The molecular formula is C53H42. The standard InChI is InChI=1S/C53H42/c1-51(2)45-13-9-7-11-39(45)41-20-17-33(27-47(41)51)31-15-16-32-24-37-26-44-43-22-19-35(29-49(43)53(5,6)50(44)30-38(37)25-36(32)23-31)34-18-21-42-40-12-8-10-14-46(40)52(3,4)48(42)28-34/h7-30H,1-6H3. The van der Waals surface area contributed by atoms with E-state index in [-0.39, 0.29) is 16.2 Å². The van der Waals surface area contributed by atoms with Gasteiger partial charge in [0.1, 0.15) is 0 Å². The summed E-state index contributed by atoms with van der Waals surface area (Å²) in [5, 5.41) is 5.18. The summed E-state index contributed by atoms with van der Waals surface area (Å²) in [5.74, 6) is 0. The molecule has 0 nitrogen and oxygen atoms in total. The van der Waals surface area contributed by atoms with E-state index in [1.165, 1.54) is 111 Å². The Balaban J connectivity index is 0.970. The Labute approximate surface area is 312 Å². The largest absolute Gasteiger partial charge is 0.0619 e. The van der Waals surface area contributed by atoms with Crippen molar-refractivity contribution in [2.45, 2.75) is 57.8 Å². The maximum atomic E-state index is 2.47. The zero-order chi connectivity index (χ0) is 36.0. The van der Waals surface area contributed by atoms with Crippen LogP contribution in [-0.2, 0) is 16.2 Å². The molecule has 0 bridgehead atoms. The van der Waals surface area contributed by atoms with Gasteiger partial charge >= 0.3 is 0 Å². The van der Waals surface area contributed by atoms with Crippen molar-refractivity contribution in [3.63, 3.8) is 0 Å². The summed E-state index contributed by atoms with van der Waals surface area (Å²) in [7, 11) is 0. The Kier molecular flexibility index (Phi) is 5.96. The minimum absolute atomic E-state index is 0.00879. The summed E-state index contributed by atoms with van der Waals surface area (Å²) >= 11 is 0. The maximum absolute atomic E-state index is 2.47. The van der Waals surface area contributed by atoms with E-state index >= 15 is 0 Å². The highest BCUT2D eigenvalue weighted by atomic mass is 14.4. The molecule has 0 N–H and O–H groups in total. The van der Waals surface area contributed by atoms with Gasteiger partial charge in [0, 0.05) is 16.2 Å². The molecule has 8 aromatic carbocycles. The Morgan fingerprint density at radius 1 is 0.245 bits per heavy atom. The Hall–Kier alpha value is -5.72. The summed E-state index contributed by atoms with van der Waals surface area (Å²) < 4.78 is 0. The molecule has 0 heterocycles. The van der Waals surface area contributed by atoms with E-state index < -0.39 is 0 Å². The fourth-order valence-corrected chi connectivity index (χ4v) is 10.4. The third-order valence-electron chi connectivity index (χ3n) is 13.4. The second-order valence-electron chi connectivity index (χ2n) is 17.4. The topological polar surface area (TPSA) is 0 Å². The average molecular weight is 679 g/mol. The van der Waals surface area contributed by atoms with Crippen molar-refractivity contribution in [1.29, 1.82) is 0 Å². The SMILES string of the molecule is CC1(C)c2ccccc2-c2ccc(-c3ccc4c(c3)C(C)(C)c3cc5cc6cc(-c7ccc8c(c7)C(C)(C)c7ccccc7-8)ccc6cc5cc3-4)cc21. The van der Waals surface area contributed by atoms with Crippen molar-refractivity contribution in [3.8, 4) is 55.6 Å². The lowest BCUT2D eigenvalue weighted by molar-refractivity contribution is 0.660. The van der Waals surface area contributed by atoms with Crippen LogP contribution < -0.4 is 0 Å². The molecule has 0 aliphatic heterocycles. The minimum Gasteiger partial charge on any atom is -0.0619 e. The predicted octanol–water partition coefficient (Wildman–Crippen LogP) is 14.2. The molecule has 0 atom stereocenters. The quantitative estimate of drug-likeness (QED) is 0.160. The highest BCUT2D eigenvalue weighted by Crippen LogP contribution is 2.53. The molecule has 53 heavy (non-hydrogen) atoms. The van der Waals surface area contributed by atoms with Gasteiger partial charge in [-0.1, -0.05) is 139 Å². The Bertz CT molecular complexity index is 2910. The monoisotopic (exact) mass is 678 g/mol. The zero-order valence-corrected chi connectivity index (χ0v) is 31.4. The number of benzene rings is 8. The van der Waals surface area contributed by atoms with Crippen LogP contribution in [0.2, 0.25) is 0 Å². The van der Waals surface area contributed by atoms with E-state index in [1.54, 1.807) is 0 Å². The van der Waals surface area contributed by atoms with Crippen molar-refractivity contribution in [3.05, 3.63) is 179 Å². The van der Waals surface area contributed by atoms with Gasteiger partial charge in [-0.3, -0.25) is 0 Å². The van der Waals surface area contributed by atoms with Gasteiger partial charge in [-0.05, 0) is 159 Å². The first kappa shape index (κ1) is 30.9. The molecule has 11 rings (SSSR count). The summed E-state index contributed by atoms with van der Waals surface area (Å²) in [6.07, 6.45) is 0. The van der Waals surface area contributed by atoms with Gasteiger partial charge in [0.25, 0.3) is 0 Å². The molecule has 0 spiro atoms. The molecule has 0 aromatic heterocycles. The van der Waals surface area contributed by atoms with Gasteiger partial charge in [0.2, 0.25) is 0 Å². The lowest BCUT2D eigenvalue weighted by Gasteiger charge is -2.23. The minimum atomic E-state index is -0.104. The fraction of sp³-hybridized carbons (Fsp3) is 0.170. The summed E-state index contributed by atoms with van der Waals surface area (Å²) in [6.45, 7) is 14.3. The second-order valence-corrected chi connectivity index (χ2v) is 17.4. The molecule has 3 aliphatic rings. The zero-order valence-electron chi connectivity index (χ0n) is 31.4. The molecule has 0 fully saturated rings. The summed E-state index contributed by atoms with van der Waals surface area (Å²) in [4.78, 5) is 0. The van der Waals surface area contributed by atoms with Crippen molar-refractivity contribution in [2.24, 2.45) is 0 Å². The van der Waals surface area contributed by atoms with E-state index in [0.717, 1.165) is 0 Å². The number of hydrogen-bond donors (Lipinski definition) is 0. The number of rotatable bonds is 2. The van der Waals surface area contributed by atoms with Gasteiger partial charge < -0.3 is 0 Å². The van der Waals surface area contributed by atoms with E-state index in [2.05, 4.69) is 187 Å². The Morgan fingerprint density at radius 3 is 1.15 bits per heavy atom. The van der Waals surface area contributed by atoms with Gasteiger partial charge in [0.05, 0.1) is 0 Å². The number of hydrogen-bond acceptors (Lipinski definition) is 0.